The number of phenols is 1. The molecule has 3 nitrogen and oxygen atoms in total. The van der Waals surface area contributed by atoms with Gasteiger partial charge in [0.05, 0.1) is 13.8 Å². The molecule has 19 heavy (non-hydrogen) atoms. The van der Waals surface area contributed by atoms with Gasteiger partial charge in [-0.2, -0.15) is 0 Å². The molecule has 0 spiro atoms. The van der Waals surface area contributed by atoms with Gasteiger partial charge in [0, 0.05) is 32.2 Å². The molecule has 1 aromatic rings. The van der Waals surface area contributed by atoms with Gasteiger partial charge in [0.15, 0.2) is 0 Å². The second kappa shape index (κ2) is 7.37. The zero-order chi connectivity index (χ0) is 13.8. The normalized spacial score (nSPS) is 18.5. The number of nitrogens with zero attached hydrogens (tertiary/aromatic N) is 1. The average molecular weight is 490 g/mol. The monoisotopic (exact) mass is 490 g/mol. The van der Waals surface area contributed by atoms with Gasteiger partial charge in [-0.1, -0.05) is 0 Å². The molecule has 0 aliphatic carbocycles. The summed E-state index contributed by atoms with van der Waals surface area (Å²) in [6, 6.07) is 4.05. The fraction of sp³-hybridized carbons (Fsp3) is 0.538. The molecular weight excluding hydrogens is 473 g/mol. The van der Waals surface area contributed by atoms with E-state index >= 15 is 0 Å². The Morgan fingerprint density at radius 1 is 1.26 bits per heavy atom. The summed E-state index contributed by atoms with van der Waals surface area (Å²) >= 11 is 4.26. The molecule has 1 saturated heterocycles. The summed E-state index contributed by atoms with van der Waals surface area (Å²) in [5, 5.41) is 13.2. The molecule has 0 saturated carbocycles. The SMILES string of the molecule is Oc1c(I)cc([C@@H](CCF)N2CCNCC2)cc1I. The first-order chi connectivity index (χ1) is 9.13. The van der Waals surface area contributed by atoms with Gasteiger partial charge in [-0.05, 0) is 69.3 Å². The number of hydrogen-bond acceptors (Lipinski definition) is 3. The van der Waals surface area contributed by atoms with Crippen LogP contribution >= 0.6 is 45.2 Å². The lowest BCUT2D eigenvalue weighted by atomic mass is 10.0. The smallest absolute Gasteiger partial charge is 0.142 e. The van der Waals surface area contributed by atoms with Crippen LogP contribution in [0.2, 0.25) is 0 Å². The van der Waals surface area contributed by atoms with Gasteiger partial charge in [0.2, 0.25) is 0 Å². The van der Waals surface area contributed by atoms with Crippen LogP contribution < -0.4 is 5.32 Å². The number of piperazine rings is 1. The Hall–Kier alpha value is 0.330. The van der Waals surface area contributed by atoms with E-state index in [4.69, 9.17) is 0 Å². The minimum atomic E-state index is -0.317. The lowest BCUT2D eigenvalue weighted by Crippen LogP contribution is -2.45. The summed E-state index contributed by atoms with van der Waals surface area (Å²) in [5.74, 6) is 0.323. The third-order valence-electron chi connectivity index (χ3n) is 3.40. The van der Waals surface area contributed by atoms with Crippen molar-refractivity contribution in [3.63, 3.8) is 0 Å². The Morgan fingerprint density at radius 3 is 2.37 bits per heavy atom. The number of benzene rings is 1. The summed E-state index contributed by atoms with van der Waals surface area (Å²) in [6.07, 6.45) is 0.511. The molecule has 0 radical (unpaired) electrons. The molecule has 2 N–H and O–H groups in total. The Balaban J connectivity index is 2.27. The van der Waals surface area contributed by atoms with Gasteiger partial charge in [-0.25, -0.2) is 0 Å². The van der Waals surface area contributed by atoms with Gasteiger partial charge >= 0.3 is 0 Å². The fourth-order valence-electron chi connectivity index (χ4n) is 2.43. The molecule has 1 aliphatic rings. The second-order valence-corrected chi connectivity index (χ2v) is 6.94. The van der Waals surface area contributed by atoms with E-state index in [0.717, 1.165) is 38.9 Å². The van der Waals surface area contributed by atoms with Gasteiger partial charge < -0.3 is 10.4 Å². The predicted molar refractivity (Wildman–Crippen MR) is 91.3 cm³/mol. The number of halogens is 3. The summed E-state index contributed by atoms with van der Waals surface area (Å²) in [7, 11) is 0. The fourth-order valence-corrected chi connectivity index (χ4v) is 4.25. The van der Waals surface area contributed by atoms with Crippen molar-refractivity contribution in [2.45, 2.75) is 12.5 Å². The minimum absolute atomic E-state index is 0.106. The summed E-state index contributed by atoms with van der Waals surface area (Å²) in [4.78, 5) is 2.33. The summed E-state index contributed by atoms with van der Waals surface area (Å²) in [5.41, 5.74) is 1.10. The van der Waals surface area contributed by atoms with Crippen LogP contribution in [0.1, 0.15) is 18.0 Å². The summed E-state index contributed by atoms with van der Waals surface area (Å²) < 4.78 is 14.5. The number of phenolic OH excluding ortho intramolecular Hbond substituents is 1. The zero-order valence-corrected chi connectivity index (χ0v) is 14.8. The van der Waals surface area contributed by atoms with E-state index in [-0.39, 0.29) is 12.7 Å². The molecule has 6 heteroatoms. The van der Waals surface area contributed by atoms with E-state index in [2.05, 4.69) is 55.4 Å². The van der Waals surface area contributed by atoms with Crippen molar-refractivity contribution in [3.8, 4) is 5.75 Å². The molecule has 2 rings (SSSR count). The van der Waals surface area contributed by atoms with E-state index < -0.39 is 0 Å². The van der Waals surface area contributed by atoms with E-state index in [0.29, 0.717) is 12.2 Å². The molecule has 0 amide bonds. The van der Waals surface area contributed by atoms with E-state index in [9.17, 15) is 9.50 Å². The highest BCUT2D eigenvalue weighted by atomic mass is 127. The van der Waals surface area contributed by atoms with Crippen molar-refractivity contribution in [3.05, 3.63) is 24.8 Å². The summed E-state index contributed by atoms with van der Waals surface area (Å²) in [6.45, 7) is 3.48. The van der Waals surface area contributed by atoms with Gasteiger partial charge in [-0.3, -0.25) is 9.29 Å². The number of rotatable bonds is 4. The minimum Gasteiger partial charge on any atom is -0.506 e. The second-order valence-electron chi connectivity index (χ2n) is 4.61. The molecular formula is C13H17FI2N2O. The molecule has 0 bridgehead atoms. The molecule has 1 fully saturated rings. The van der Waals surface area contributed by atoms with Gasteiger partial charge in [-0.15, -0.1) is 0 Å². The Labute approximate surface area is 140 Å². The highest BCUT2D eigenvalue weighted by Gasteiger charge is 2.23. The Bertz CT molecular complexity index is 416. The van der Waals surface area contributed by atoms with Crippen LogP contribution in [-0.4, -0.2) is 42.9 Å². The Kier molecular flexibility index (Phi) is 6.10. The van der Waals surface area contributed by atoms with Crippen molar-refractivity contribution in [1.29, 1.82) is 0 Å². The van der Waals surface area contributed by atoms with Crippen molar-refractivity contribution < 1.29 is 9.50 Å². The predicted octanol–water partition coefficient (Wildman–Crippen LogP) is 2.91. The number of hydrogen-bond donors (Lipinski definition) is 2. The lowest BCUT2D eigenvalue weighted by molar-refractivity contribution is 0.157. The first kappa shape index (κ1) is 15.7. The van der Waals surface area contributed by atoms with Crippen LogP contribution in [0, 0.1) is 7.14 Å². The number of aromatic hydroxyl groups is 1. The maximum Gasteiger partial charge on any atom is 0.142 e. The van der Waals surface area contributed by atoms with Crippen LogP contribution in [0.15, 0.2) is 12.1 Å². The van der Waals surface area contributed by atoms with Crippen molar-refractivity contribution >= 4 is 45.2 Å². The number of nitrogens with one attached hydrogen (secondary N) is 1. The first-order valence-electron chi connectivity index (χ1n) is 6.32. The van der Waals surface area contributed by atoms with Crippen LogP contribution in [-0.2, 0) is 0 Å². The van der Waals surface area contributed by atoms with Crippen molar-refractivity contribution in [1.82, 2.24) is 10.2 Å². The standard InChI is InChI=1S/C13H17FI2N2O/c14-2-1-12(18-5-3-17-4-6-18)9-7-10(15)13(19)11(16)8-9/h7-8,12,17,19H,1-6H2/t12-/m1/s1. The van der Waals surface area contributed by atoms with Crippen LogP contribution in [0.4, 0.5) is 4.39 Å². The molecule has 1 heterocycles. The third-order valence-corrected chi connectivity index (χ3v) is 5.04. The maximum atomic E-state index is 12.9. The molecule has 0 unspecified atom stereocenters. The highest BCUT2D eigenvalue weighted by molar-refractivity contribution is 14.1. The van der Waals surface area contributed by atoms with Gasteiger partial charge in [0.25, 0.3) is 0 Å². The maximum absolute atomic E-state index is 12.9. The topological polar surface area (TPSA) is 35.5 Å². The van der Waals surface area contributed by atoms with Crippen LogP contribution in [0.3, 0.4) is 0 Å². The molecule has 1 aromatic carbocycles. The molecule has 0 aromatic heterocycles. The highest BCUT2D eigenvalue weighted by Crippen LogP contribution is 2.33. The zero-order valence-electron chi connectivity index (χ0n) is 10.5. The number of alkyl halides is 1. The van der Waals surface area contributed by atoms with E-state index in [1.165, 1.54) is 0 Å². The lowest BCUT2D eigenvalue weighted by Gasteiger charge is -2.35. The van der Waals surface area contributed by atoms with Gasteiger partial charge in [0.1, 0.15) is 5.75 Å². The quantitative estimate of drug-likeness (QED) is 0.638. The van der Waals surface area contributed by atoms with E-state index in [1.54, 1.807) is 0 Å². The molecule has 106 valence electrons. The van der Waals surface area contributed by atoms with Crippen LogP contribution in [0.5, 0.6) is 5.75 Å². The Morgan fingerprint density at radius 2 is 1.84 bits per heavy atom. The first-order valence-corrected chi connectivity index (χ1v) is 8.48. The average Bonchev–Trinajstić information content (AvgIpc) is 2.42. The van der Waals surface area contributed by atoms with Crippen molar-refractivity contribution in [2.24, 2.45) is 0 Å². The molecule has 1 atom stereocenters. The van der Waals surface area contributed by atoms with Crippen molar-refractivity contribution in [2.75, 3.05) is 32.9 Å². The largest absolute Gasteiger partial charge is 0.506 e. The van der Waals surface area contributed by atoms with E-state index in [1.807, 2.05) is 12.1 Å². The third kappa shape index (κ3) is 3.92. The molecule has 1 aliphatic heterocycles. The van der Waals surface area contributed by atoms with Crippen LogP contribution in [0.25, 0.3) is 0 Å².